The Kier molecular flexibility index (Phi) is 22.0. The van der Waals surface area contributed by atoms with Gasteiger partial charge in [-0.1, -0.05) is 55.4 Å². The van der Waals surface area contributed by atoms with Crippen LogP contribution in [-0.4, -0.2) is 36.1 Å². The molecule has 6 heteroatoms. The molecule has 0 spiro atoms. The summed E-state index contributed by atoms with van der Waals surface area (Å²) in [7, 11) is 1.64. The Morgan fingerprint density at radius 3 is 0.966 bits per heavy atom. The Labute approximate surface area is 179 Å². The Hall–Kier alpha value is -1.72. The summed E-state index contributed by atoms with van der Waals surface area (Å²) >= 11 is 0. The van der Waals surface area contributed by atoms with Gasteiger partial charge in [0.25, 0.3) is 0 Å². The molecule has 0 atom stereocenters. The van der Waals surface area contributed by atoms with Gasteiger partial charge in [-0.2, -0.15) is 0 Å². The molecule has 0 aliphatic heterocycles. The molecule has 0 radical (unpaired) electrons. The highest BCUT2D eigenvalue weighted by atomic mass is 16.6. The van der Waals surface area contributed by atoms with Crippen molar-refractivity contribution in [2.45, 2.75) is 95.6 Å². The minimum absolute atomic E-state index is 0.0285. The van der Waals surface area contributed by atoms with Crippen molar-refractivity contribution in [1.29, 1.82) is 0 Å². The number of carbonyl (C=O) groups excluding carboxylic acids is 4. The zero-order valence-electron chi connectivity index (χ0n) is 21.4. The van der Waals surface area contributed by atoms with Crippen molar-refractivity contribution >= 4 is 23.4 Å². The van der Waals surface area contributed by atoms with E-state index in [1.54, 1.807) is 20.9 Å². The topological polar surface area (TPSA) is 89.5 Å². The van der Waals surface area contributed by atoms with Gasteiger partial charge < -0.3 is 10.1 Å². The summed E-state index contributed by atoms with van der Waals surface area (Å²) in [6.07, 6.45) is 0. The van der Waals surface area contributed by atoms with Crippen molar-refractivity contribution < 1.29 is 23.9 Å². The fourth-order valence-electron chi connectivity index (χ4n) is 0.708. The van der Waals surface area contributed by atoms with E-state index in [0.717, 1.165) is 0 Å². The number of rotatable bonds is 4. The van der Waals surface area contributed by atoms with Crippen LogP contribution < -0.4 is 5.32 Å². The van der Waals surface area contributed by atoms with E-state index >= 15 is 0 Å². The van der Waals surface area contributed by atoms with Crippen molar-refractivity contribution in [3.05, 3.63) is 0 Å². The van der Waals surface area contributed by atoms with E-state index < -0.39 is 0 Å². The number of esters is 1. The van der Waals surface area contributed by atoms with E-state index in [0.29, 0.717) is 0 Å². The fraction of sp³-hybridized carbons (Fsp3) is 0.826. The standard InChI is InChI=1S/C8H16O2.C5H11NO.2C5H10O/c1-6(2)7(9)10-8(3,4)5;1-4(2)5(7)6-3;2*1-4(2)5(3)6/h6H,1-5H3;4H,1-3H3,(H,6,7);2*4H,1-3H3. The largest absolute Gasteiger partial charge is 0.460 e. The number of hydrogen-bond donors (Lipinski definition) is 1. The van der Waals surface area contributed by atoms with Crippen LogP contribution in [0.15, 0.2) is 0 Å². The van der Waals surface area contributed by atoms with Crippen LogP contribution in [0.2, 0.25) is 0 Å². The van der Waals surface area contributed by atoms with Gasteiger partial charge in [0.05, 0.1) is 5.92 Å². The first-order chi connectivity index (χ1) is 12.8. The molecule has 0 heterocycles. The summed E-state index contributed by atoms with van der Waals surface area (Å²) in [5, 5.41) is 2.53. The summed E-state index contributed by atoms with van der Waals surface area (Å²) in [6.45, 7) is 23.7. The molecule has 0 aromatic rings. The summed E-state index contributed by atoms with van der Waals surface area (Å²) < 4.78 is 5.06. The predicted octanol–water partition coefficient (Wildman–Crippen LogP) is 4.84. The van der Waals surface area contributed by atoms with Crippen LogP contribution in [0, 0.1) is 23.7 Å². The molecular weight excluding hydrogens is 370 g/mol. The first-order valence-corrected chi connectivity index (χ1v) is 10.2. The van der Waals surface area contributed by atoms with Gasteiger partial charge >= 0.3 is 5.97 Å². The summed E-state index contributed by atoms with van der Waals surface area (Å²) in [6, 6.07) is 0. The van der Waals surface area contributed by atoms with Gasteiger partial charge in [-0.15, -0.1) is 0 Å². The second-order valence-corrected chi connectivity index (χ2v) is 8.99. The lowest BCUT2D eigenvalue weighted by Gasteiger charge is -2.20. The zero-order chi connectivity index (χ0) is 24.5. The zero-order valence-corrected chi connectivity index (χ0v) is 21.4. The van der Waals surface area contributed by atoms with Gasteiger partial charge in [0.15, 0.2) is 0 Å². The lowest BCUT2D eigenvalue weighted by molar-refractivity contribution is -0.158. The quantitative estimate of drug-likeness (QED) is 0.661. The average molecular weight is 418 g/mol. The van der Waals surface area contributed by atoms with Gasteiger partial charge in [0.1, 0.15) is 17.2 Å². The fourth-order valence-corrected chi connectivity index (χ4v) is 0.708. The Morgan fingerprint density at radius 1 is 0.655 bits per heavy atom. The molecule has 0 saturated heterocycles. The summed E-state index contributed by atoms with van der Waals surface area (Å²) in [4.78, 5) is 41.6. The smallest absolute Gasteiger partial charge is 0.308 e. The first kappa shape index (κ1) is 34.8. The minimum Gasteiger partial charge on any atom is -0.460 e. The molecule has 0 fully saturated rings. The molecular formula is C23H47NO5. The highest BCUT2D eigenvalue weighted by Crippen LogP contribution is 2.10. The molecule has 0 aromatic carbocycles. The van der Waals surface area contributed by atoms with Crippen molar-refractivity contribution in [2.75, 3.05) is 7.05 Å². The van der Waals surface area contributed by atoms with Crippen LogP contribution in [0.3, 0.4) is 0 Å². The minimum atomic E-state index is -0.346. The Morgan fingerprint density at radius 2 is 0.931 bits per heavy atom. The molecule has 29 heavy (non-hydrogen) atoms. The Balaban J connectivity index is -0.000000148. The van der Waals surface area contributed by atoms with Crippen LogP contribution in [0.25, 0.3) is 0 Å². The second kappa shape index (κ2) is 18.3. The van der Waals surface area contributed by atoms with Gasteiger partial charge in [-0.25, -0.2) is 0 Å². The first-order valence-electron chi connectivity index (χ1n) is 10.2. The molecule has 0 aromatic heterocycles. The number of carbonyl (C=O) groups is 4. The van der Waals surface area contributed by atoms with E-state index in [2.05, 4.69) is 5.32 Å². The van der Waals surface area contributed by atoms with Crippen LogP contribution in [0.5, 0.6) is 0 Å². The van der Waals surface area contributed by atoms with Crippen LogP contribution in [0.1, 0.15) is 90.0 Å². The van der Waals surface area contributed by atoms with E-state index in [4.69, 9.17) is 4.74 Å². The molecule has 174 valence electrons. The third kappa shape index (κ3) is 34.2. The van der Waals surface area contributed by atoms with E-state index in [1.807, 2.05) is 76.2 Å². The Bertz CT molecular complexity index is 454. The summed E-state index contributed by atoms with van der Waals surface area (Å²) in [5.74, 6) is 0.997. The maximum atomic E-state index is 10.9. The molecule has 1 amide bonds. The van der Waals surface area contributed by atoms with Crippen molar-refractivity contribution in [3.63, 3.8) is 0 Å². The number of nitrogens with one attached hydrogen (secondary N) is 1. The molecule has 0 aliphatic carbocycles. The number of Topliss-reactive ketones (excluding diaryl/α,β-unsaturated/α-hetero) is 2. The van der Waals surface area contributed by atoms with Crippen molar-refractivity contribution in [2.24, 2.45) is 23.7 Å². The van der Waals surface area contributed by atoms with Gasteiger partial charge in [0, 0.05) is 24.8 Å². The molecule has 0 bridgehead atoms. The average Bonchev–Trinajstić information content (AvgIpc) is 2.53. The van der Waals surface area contributed by atoms with Crippen molar-refractivity contribution in [1.82, 2.24) is 5.32 Å². The SMILES string of the molecule is CC(=O)C(C)C.CC(=O)C(C)C.CC(C)C(=O)OC(C)(C)C.CNC(=O)C(C)C. The number of ether oxygens (including phenoxy) is 1. The highest BCUT2D eigenvalue weighted by Gasteiger charge is 2.18. The lowest BCUT2D eigenvalue weighted by atomic mass is 10.1. The third-order valence-corrected chi connectivity index (χ3v) is 3.28. The molecule has 1 N–H and O–H groups in total. The monoisotopic (exact) mass is 417 g/mol. The normalized spacial score (nSPS) is 10.1. The molecule has 0 aliphatic rings. The molecule has 6 nitrogen and oxygen atoms in total. The van der Waals surface area contributed by atoms with Crippen molar-refractivity contribution in [3.8, 4) is 0 Å². The van der Waals surface area contributed by atoms with Crippen LogP contribution in [0.4, 0.5) is 0 Å². The van der Waals surface area contributed by atoms with Gasteiger partial charge in [-0.05, 0) is 34.6 Å². The van der Waals surface area contributed by atoms with E-state index in [9.17, 15) is 19.2 Å². The highest BCUT2D eigenvalue weighted by molar-refractivity contribution is 5.78. The lowest BCUT2D eigenvalue weighted by Crippen LogP contribution is -2.26. The summed E-state index contributed by atoms with van der Waals surface area (Å²) in [5.41, 5.74) is -0.346. The van der Waals surface area contributed by atoms with Crippen LogP contribution in [-0.2, 0) is 23.9 Å². The number of hydrogen-bond acceptors (Lipinski definition) is 5. The molecule has 0 saturated carbocycles. The van der Waals surface area contributed by atoms with E-state index in [-0.39, 0.29) is 52.7 Å². The maximum Gasteiger partial charge on any atom is 0.308 e. The van der Waals surface area contributed by atoms with Gasteiger partial charge in [-0.3, -0.25) is 19.2 Å². The number of ketones is 2. The predicted molar refractivity (Wildman–Crippen MR) is 121 cm³/mol. The maximum absolute atomic E-state index is 10.9. The third-order valence-electron chi connectivity index (χ3n) is 3.28. The second-order valence-electron chi connectivity index (χ2n) is 8.99. The molecule has 0 rings (SSSR count). The van der Waals surface area contributed by atoms with Gasteiger partial charge in [0.2, 0.25) is 5.91 Å². The van der Waals surface area contributed by atoms with Crippen LogP contribution >= 0.6 is 0 Å². The number of amides is 1. The van der Waals surface area contributed by atoms with E-state index in [1.165, 1.54) is 0 Å². The molecule has 0 unspecified atom stereocenters.